The number of likely N-dealkylation sites (tertiary alicyclic amines) is 1. The molecule has 2 atom stereocenters. The molecular weight excluding hydrogens is 296 g/mol. The van der Waals surface area contributed by atoms with E-state index in [1.54, 1.807) is 0 Å². The average Bonchev–Trinajstić information content (AvgIpc) is 2.74. The number of aliphatic carboxylic acids is 1. The summed E-state index contributed by atoms with van der Waals surface area (Å²) < 4.78 is 0. The summed E-state index contributed by atoms with van der Waals surface area (Å²) in [5.74, 6) is -0.00724. The van der Waals surface area contributed by atoms with Crippen molar-refractivity contribution < 1.29 is 19.5 Å². The Morgan fingerprint density at radius 2 is 1.91 bits per heavy atom. The fourth-order valence-corrected chi connectivity index (χ4v) is 3.28. The standard InChI is InChI=1S/C17H30N2O4/c1-11(2)5-13(8-16(21)22)9-18-17(23)19-10-14(6-12(3)4)7-15(19)20/h11-14H,5-10H2,1-4H3,(H,18,23)(H,21,22). The summed E-state index contributed by atoms with van der Waals surface area (Å²) in [6, 6.07) is -0.389. The van der Waals surface area contributed by atoms with E-state index in [2.05, 4.69) is 19.2 Å². The first kappa shape index (κ1) is 19.5. The second-order valence-electron chi connectivity index (χ2n) is 7.48. The van der Waals surface area contributed by atoms with Crippen LogP contribution < -0.4 is 5.32 Å². The molecule has 6 nitrogen and oxygen atoms in total. The van der Waals surface area contributed by atoms with Crippen LogP contribution in [0.2, 0.25) is 0 Å². The van der Waals surface area contributed by atoms with Crippen molar-refractivity contribution in [2.45, 2.75) is 53.4 Å². The number of carboxylic acids is 1. The lowest BCUT2D eigenvalue weighted by Gasteiger charge is -2.21. The molecule has 0 spiro atoms. The number of carboxylic acid groups (broad SMARTS) is 1. The minimum atomic E-state index is -0.862. The zero-order valence-corrected chi connectivity index (χ0v) is 14.7. The van der Waals surface area contributed by atoms with Gasteiger partial charge in [0, 0.05) is 25.9 Å². The Kier molecular flexibility index (Phi) is 7.52. The van der Waals surface area contributed by atoms with Crippen LogP contribution in [0.5, 0.6) is 0 Å². The largest absolute Gasteiger partial charge is 0.481 e. The monoisotopic (exact) mass is 326 g/mol. The first-order chi connectivity index (χ1) is 10.7. The molecule has 0 aromatic rings. The predicted octanol–water partition coefficient (Wildman–Crippen LogP) is 2.73. The van der Waals surface area contributed by atoms with Crippen molar-refractivity contribution in [2.24, 2.45) is 23.7 Å². The highest BCUT2D eigenvalue weighted by atomic mass is 16.4. The van der Waals surface area contributed by atoms with Crippen LogP contribution in [-0.4, -0.2) is 41.0 Å². The highest BCUT2D eigenvalue weighted by Crippen LogP contribution is 2.24. The van der Waals surface area contributed by atoms with E-state index >= 15 is 0 Å². The number of nitrogens with zero attached hydrogens (tertiary/aromatic N) is 1. The molecule has 0 saturated carbocycles. The number of rotatable bonds is 8. The third kappa shape index (κ3) is 7.01. The molecular formula is C17H30N2O4. The van der Waals surface area contributed by atoms with Gasteiger partial charge in [0.2, 0.25) is 5.91 Å². The van der Waals surface area contributed by atoms with Gasteiger partial charge < -0.3 is 10.4 Å². The molecule has 1 fully saturated rings. The Balaban J connectivity index is 2.50. The number of amides is 3. The molecule has 1 aliphatic heterocycles. The van der Waals surface area contributed by atoms with Gasteiger partial charge in [0.05, 0.1) is 0 Å². The van der Waals surface area contributed by atoms with Crippen molar-refractivity contribution in [3.05, 3.63) is 0 Å². The SMILES string of the molecule is CC(C)CC(CNC(=O)N1CC(CC(C)C)CC1=O)CC(=O)O. The molecule has 0 aromatic heterocycles. The minimum Gasteiger partial charge on any atom is -0.481 e. The first-order valence-corrected chi connectivity index (χ1v) is 8.49. The highest BCUT2D eigenvalue weighted by Gasteiger charge is 2.34. The average molecular weight is 326 g/mol. The maximum atomic E-state index is 12.2. The molecule has 23 heavy (non-hydrogen) atoms. The number of hydrogen-bond donors (Lipinski definition) is 2. The Hall–Kier alpha value is -1.59. The molecule has 0 bridgehead atoms. The molecule has 6 heteroatoms. The topological polar surface area (TPSA) is 86.7 Å². The molecule has 1 saturated heterocycles. The number of carbonyl (C=O) groups is 3. The van der Waals surface area contributed by atoms with Crippen LogP contribution in [0, 0.1) is 23.7 Å². The van der Waals surface area contributed by atoms with Gasteiger partial charge in [-0.3, -0.25) is 14.5 Å². The van der Waals surface area contributed by atoms with Crippen LogP contribution >= 0.6 is 0 Å². The predicted molar refractivity (Wildman–Crippen MR) is 87.9 cm³/mol. The Labute approximate surface area is 138 Å². The Bertz CT molecular complexity index is 434. The van der Waals surface area contributed by atoms with Crippen molar-refractivity contribution in [3.63, 3.8) is 0 Å². The number of urea groups is 1. The van der Waals surface area contributed by atoms with Crippen molar-refractivity contribution in [1.82, 2.24) is 10.2 Å². The number of carbonyl (C=O) groups excluding carboxylic acids is 2. The van der Waals surface area contributed by atoms with Gasteiger partial charge in [-0.1, -0.05) is 27.7 Å². The van der Waals surface area contributed by atoms with Gasteiger partial charge in [-0.15, -0.1) is 0 Å². The lowest BCUT2D eigenvalue weighted by atomic mass is 9.94. The molecule has 1 rings (SSSR count). The van der Waals surface area contributed by atoms with Crippen LogP contribution in [0.4, 0.5) is 4.79 Å². The van der Waals surface area contributed by atoms with Crippen LogP contribution in [0.3, 0.4) is 0 Å². The molecule has 0 aliphatic carbocycles. The van der Waals surface area contributed by atoms with Crippen LogP contribution in [0.15, 0.2) is 0 Å². The fourth-order valence-electron chi connectivity index (χ4n) is 3.28. The second-order valence-corrected chi connectivity index (χ2v) is 7.48. The van der Waals surface area contributed by atoms with Gasteiger partial charge >= 0.3 is 12.0 Å². The minimum absolute atomic E-state index is 0.0301. The van der Waals surface area contributed by atoms with Crippen LogP contribution in [-0.2, 0) is 9.59 Å². The van der Waals surface area contributed by atoms with Crippen molar-refractivity contribution in [2.75, 3.05) is 13.1 Å². The zero-order valence-electron chi connectivity index (χ0n) is 14.7. The lowest BCUT2D eigenvalue weighted by molar-refractivity contribution is -0.138. The molecule has 132 valence electrons. The summed E-state index contributed by atoms with van der Waals surface area (Å²) in [5, 5.41) is 11.7. The molecule has 0 aromatic carbocycles. The summed E-state index contributed by atoms with van der Waals surface area (Å²) in [6.07, 6.45) is 2.12. The zero-order chi connectivity index (χ0) is 17.6. The van der Waals surface area contributed by atoms with E-state index in [9.17, 15) is 14.4 Å². The van der Waals surface area contributed by atoms with Gasteiger partial charge in [-0.05, 0) is 36.5 Å². The molecule has 1 heterocycles. The van der Waals surface area contributed by atoms with Crippen molar-refractivity contribution >= 4 is 17.9 Å². The van der Waals surface area contributed by atoms with E-state index in [0.29, 0.717) is 31.3 Å². The molecule has 0 radical (unpaired) electrons. The van der Waals surface area contributed by atoms with E-state index in [1.165, 1.54) is 4.90 Å². The third-order valence-electron chi connectivity index (χ3n) is 4.07. The van der Waals surface area contributed by atoms with E-state index in [1.807, 2.05) is 13.8 Å². The third-order valence-corrected chi connectivity index (χ3v) is 4.07. The maximum absolute atomic E-state index is 12.2. The Morgan fingerprint density at radius 3 is 2.43 bits per heavy atom. The van der Waals surface area contributed by atoms with Gasteiger partial charge in [0.1, 0.15) is 0 Å². The number of imide groups is 1. The summed E-state index contributed by atoms with van der Waals surface area (Å²) >= 11 is 0. The van der Waals surface area contributed by atoms with E-state index in [-0.39, 0.29) is 30.2 Å². The quantitative estimate of drug-likeness (QED) is 0.718. The molecule has 2 N–H and O–H groups in total. The number of hydrogen-bond acceptors (Lipinski definition) is 3. The smallest absolute Gasteiger partial charge is 0.324 e. The number of nitrogens with one attached hydrogen (secondary N) is 1. The molecule has 3 amide bonds. The van der Waals surface area contributed by atoms with Gasteiger partial charge in [-0.25, -0.2) is 4.79 Å². The summed E-state index contributed by atoms with van der Waals surface area (Å²) in [6.45, 7) is 9.03. The van der Waals surface area contributed by atoms with Gasteiger partial charge in [-0.2, -0.15) is 0 Å². The lowest BCUT2D eigenvalue weighted by Crippen LogP contribution is -2.43. The van der Waals surface area contributed by atoms with Crippen LogP contribution in [0.1, 0.15) is 53.4 Å². The summed E-state index contributed by atoms with van der Waals surface area (Å²) in [7, 11) is 0. The summed E-state index contributed by atoms with van der Waals surface area (Å²) in [4.78, 5) is 36.4. The molecule has 1 aliphatic rings. The maximum Gasteiger partial charge on any atom is 0.324 e. The summed E-state index contributed by atoms with van der Waals surface area (Å²) in [5.41, 5.74) is 0. The second kappa shape index (κ2) is 8.89. The van der Waals surface area contributed by atoms with Crippen molar-refractivity contribution in [3.8, 4) is 0 Å². The Morgan fingerprint density at radius 1 is 1.26 bits per heavy atom. The highest BCUT2D eigenvalue weighted by molar-refractivity contribution is 5.96. The van der Waals surface area contributed by atoms with Gasteiger partial charge in [0.15, 0.2) is 0 Å². The normalized spacial score (nSPS) is 19.5. The van der Waals surface area contributed by atoms with Gasteiger partial charge in [0.25, 0.3) is 0 Å². The van der Waals surface area contributed by atoms with E-state index in [0.717, 1.165) is 12.8 Å². The van der Waals surface area contributed by atoms with E-state index < -0.39 is 5.97 Å². The van der Waals surface area contributed by atoms with Crippen molar-refractivity contribution in [1.29, 1.82) is 0 Å². The molecule has 2 unspecified atom stereocenters. The van der Waals surface area contributed by atoms with Crippen LogP contribution in [0.25, 0.3) is 0 Å². The fraction of sp³-hybridized carbons (Fsp3) is 0.824. The van der Waals surface area contributed by atoms with E-state index in [4.69, 9.17) is 5.11 Å². The first-order valence-electron chi connectivity index (χ1n) is 8.49.